The number of hydrogen-bond donors (Lipinski definition) is 2. The first-order chi connectivity index (χ1) is 11.7. The van der Waals surface area contributed by atoms with Crippen LogP contribution in [0, 0.1) is 6.92 Å². The van der Waals surface area contributed by atoms with E-state index in [1.165, 1.54) is 5.56 Å². The van der Waals surface area contributed by atoms with Crippen molar-refractivity contribution in [2.75, 3.05) is 37.8 Å². The Bertz CT molecular complexity index is 671. The molecule has 0 saturated heterocycles. The number of rotatable bonds is 7. The first-order valence-electron chi connectivity index (χ1n) is 8.86. The highest BCUT2D eigenvalue weighted by atomic mass is 15.1. The zero-order chi connectivity index (χ0) is 18.4. The van der Waals surface area contributed by atoms with Crippen molar-refractivity contribution in [3.8, 4) is 0 Å². The lowest BCUT2D eigenvalue weighted by molar-refractivity contribution is 0.405. The Kier molecular flexibility index (Phi) is 6.37. The quantitative estimate of drug-likeness (QED) is 0.740. The standard InChI is InChI=1S/C20H31N5/c1-15-22-18(21-12-7-13-25(5)6)14-19(23-15)24-17-10-8-16(9-11-17)20(2,3)4/h8-11,14H,7,12-13H2,1-6H3,(H2,21,22,23,24). The van der Waals surface area contributed by atoms with Crippen LogP contribution in [0.2, 0.25) is 0 Å². The van der Waals surface area contributed by atoms with E-state index >= 15 is 0 Å². The van der Waals surface area contributed by atoms with Crippen molar-refractivity contribution in [2.45, 2.75) is 39.5 Å². The molecule has 1 aromatic carbocycles. The molecule has 5 nitrogen and oxygen atoms in total. The van der Waals surface area contributed by atoms with Gasteiger partial charge in [0.2, 0.25) is 0 Å². The lowest BCUT2D eigenvalue weighted by Gasteiger charge is -2.19. The van der Waals surface area contributed by atoms with Gasteiger partial charge in [-0.25, -0.2) is 9.97 Å². The maximum Gasteiger partial charge on any atom is 0.136 e. The third kappa shape index (κ3) is 6.35. The van der Waals surface area contributed by atoms with Crippen LogP contribution in [0.3, 0.4) is 0 Å². The molecule has 0 bridgehead atoms. The summed E-state index contributed by atoms with van der Waals surface area (Å²) < 4.78 is 0. The molecule has 0 aliphatic heterocycles. The minimum atomic E-state index is 0.160. The van der Waals surface area contributed by atoms with Crippen LogP contribution in [0.25, 0.3) is 0 Å². The monoisotopic (exact) mass is 341 g/mol. The van der Waals surface area contributed by atoms with Crippen LogP contribution in [-0.4, -0.2) is 42.1 Å². The van der Waals surface area contributed by atoms with Gasteiger partial charge in [-0.15, -0.1) is 0 Å². The summed E-state index contributed by atoms with van der Waals surface area (Å²) in [5.41, 5.74) is 2.51. The molecule has 0 spiro atoms. The summed E-state index contributed by atoms with van der Waals surface area (Å²) >= 11 is 0. The van der Waals surface area contributed by atoms with Gasteiger partial charge in [-0.2, -0.15) is 0 Å². The zero-order valence-electron chi connectivity index (χ0n) is 16.3. The second-order valence-electron chi connectivity index (χ2n) is 7.72. The molecule has 0 atom stereocenters. The van der Waals surface area contributed by atoms with Crippen LogP contribution in [0.1, 0.15) is 38.6 Å². The topological polar surface area (TPSA) is 53.1 Å². The van der Waals surface area contributed by atoms with Gasteiger partial charge in [-0.05, 0) is 57.1 Å². The molecule has 0 fully saturated rings. The summed E-state index contributed by atoms with van der Waals surface area (Å²) in [5, 5.41) is 6.75. The molecule has 136 valence electrons. The van der Waals surface area contributed by atoms with E-state index in [-0.39, 0.29) is 5.41 Å². The van der Waals surface area contributed by atoms with E-state index in [0.29, 0.717) is 0 Å². The van der Waals surface area contributed by atoms with Crippen LogP contribution in [0.5, 0.6) is 0 Å². The number of hydrogen-bond acceptors (Lipinski definition) is 5. The highest BCUT2D eigenvalue weighted by Crippen LogP contribution is 2.25. The number of benzene rings is 1. The molecular formula is C20H31N5. The van der Waals surface area contributed by atoms with Crippen molar-refractivity contribution in [1.82, 2.24) is 14.9 Å². The summed E-state index contributed by atoms with van der Waals surface area (Å²) in [6.07, 6.45) is 1.08. The maximum atomic E-state index is 4.49. The molecule has 1 heterocycles. The van der Waals surface area contributed by atoms with Crippen molar-refractivity contribution in [2.24, 2.45) is 0 Å². The smallest absolute Gasteiger partial charge is 0.136 e. The fraction of sp³-hybridized carbons (Fsp3) is 0.500. The maximum absolute atomic E-state index is 4.49. The van der Waals surface area contributed by atoms with E-state index in [9.17, 15) is 0 Å². The summed E-state index contributed by atoms with van der Waals surface area (Å²) in [7, 11) is 4.17. The van der Waals surface area contributed by atoms with E-state index in [0.717, 1.165) is 42.7 Å². The molecular weight excluding hydrogens is 310 g/mol. The average Bonchev–Trinajstić information content (AvgIpc) is 2.50. The summed E-state index contributed by atoms with van der Waals surface area (Å²) in [5.74, 6) is 2.43. The molecule has 0 saturated carbocycles. The molecule has 0 aliphatic carbocycles. The highest BCUT2D eigenvalue weighted by molar-refractivity contribution is 5.59. The van der Waals surface area contributed by atoms with Gasteiger partial charge in [0.15, 0.2) is 0 Å². The number of anilines is 3. The number of aromatic nitrogens is 2. The fourth-order valence-corrected chi connectivity index (χ4v) is 2.54. The zero-order valence-corrected chi connectivity index (χ0v) is 16.3. The molecule has 2 N–H and O–H groups in total. The molecule has 1 aromatic heterocycles. The molecule has 0 amide bonds. The molecule has 5 heteroatoms. The van der Waals surface area contributed by atoms with Crippen LogP contribution in [-0.2, 0) is 5.41 Å². The Hall–Kier alpha value is -2.14. The molecule has 0 radical (unpaired) electrons. The van der Waals surface area contributed by atoms with Crippen molar-refractivity contribution in [1.29, 1.82) is 0 Å². The fourth-order valence-electron chi connectivity index (χ4n) is 2.54. The van der Waals surface area contributed by atoms with Gasteiger partial charge in [0.05, 0.1) is 0 Å². The van der Waals surface area contributed by atoms with Crippen LogP contribution in [0.15, 0.2) is 30.3 Å². The Morgan fingerprint density at radius 2 is 1.64 bits per heavy atom. The molecule has 0 aliphatic rings. The number of nitrogens with zero attached hydrogens (tertiary/aromatic N) is 3. The second kappa shape index (κ2) is 8.30. The van der Waals surface area contributed by atoms with E-state index in [1.54, 1.807) is 0 Å². The van der Waals surface area contributed by atoms with Gasteiger partial charge in [0.25, 0.3) is 0 Å². The van der Waals surface area contributed by atoms with Crippen molar-refractivity contribution in [3.05, 3.63) is 41.7 Å². The van der Waals surface area contributed by atoms with Gasteiger partial charge in [-0.1, -0.05) is 32.9 Å². The predicted octanol–water partition coefficient (Wildman–Crippen LogP) is 4.19. The minimum Gasteiger partial charge on any atom is -0.370 e. The lowest BCUT2D eigenvalue weighted by atomic mass is 9.87. The second-order valence-corrected chi connectivity index (χ2v) is 7.72. The Labute approximate surface area is 151 Å². The Balaban J connectivity index is 2.02. The van der Waals surface area contributed by atoms with Crippen molar-refractivity contribution < 1.29 is 0 Å². The first-order valence-corrected chi connectivity index (χ1v) is 8.86. The highest BCUT2D eigenvalue weighted by Gasteiger charge is 2.13. The van der Waals surface area contributed by atoms with Crippen molar-refractivity contribution in [3.63, 3.8) is 0 Å². The molecule has 25 heavy (non-hydrogen) atoms. The normalized spacial score (nSPS) is 11.6. The number of aryl methyl sites for hydroxylation is 1. The lowest BCUT2D eigenvalue weighted by Crippen LogP contribution is -2.16. The van der Waals surface area contributed by atoms with Gasteiger partial charge >= 0.3 is 0 Å². The molecule has 0 unspecified atom stereocenters. The molecule has 2 rings (SSSR count). The van der Waals surface area contributed by atoms with E-state index in [1.807, 2.05) is 13.0 Å². The Morgan fingerprint density at radius 3 is 2.24 bits per heavy atom. The SMILES string of the molecule is Cc1nc(NCCCN(C)C)cc(Nc2ccc(C(C)(C)C)cc2)n1. The average molecular weight is 342 g/mol. The van der Waals surface area contributed by atoms with Gasteiger partial charge in [-0.3, -0.25) is 0 Å². The largest absolute Gasteiger partial charge is 0.370 e. The van der Waals surface area contributed by atoms with Crippen LogP contribution >= 0.6 is 0 Å². The summed E-state index contributed by atoms with van der Waals surface area (Å²) in [6.45, 7) is 10.5. The minimum absolute atomic E-state index is 0.160. The first kappa shape index (κ1) is 19.2. The van der Waals surface area contributed by atoms with Gasteiger partial charge in [0, 0.05) is 18.3 Å². The number of nitrogens with one attached hydrogen (secondary N) is 2. The predicted molar refractivity (Wildman–Crippen MR) is 107 cm³/mol. The third-order valence-electron chi connectivity index (χ3n) is 3.95. The van der Waals surface area contributed by atoms with E-state index in [2.05, 4.69) is 84.6 Å². The summed E-state index contributed by atoms with van der Waals surface area (Å²) in [4.78, 5) is 11.1. The molecule has 2 aromatic rings. The van der Waals surface area contributed by atoms with Crippen molar-refractivity contribution >= 4 is 17.3 Å². The van der Waals surface area contributed by atoms with Crippen LogP contribution < -0.4 is 10.6 Å². The summed E-state index contributed by atoms with van der Waals surface area (Å²) in [6, 6.07) is 10.5. The van der Waals surface area contributed by atoms with E-state index < -0.39 is 0 Å². The van der Waals surface area contributed by atoms with Gasteiger partial charge < -0.3 is 15.5 Å². The van der Waals surface area contributed by atoms with E-state index in [4.69, 9.17) is 0 Å². The van der Waals surface area contributed by atoms with Gasteiger partial charge in [0.1, 0.15) is 17.5 Å². The van der Waals surface area contributed by atoms with Crippen LogP contribution in [0.4, 0.5) is 17.3 Å². The third-order valence-corrected chi connectivity index (χ3v) is 3.95. The Morgan fingerprint density at radius 1 is 1.00 bits per heavy atom.